The van der Waals surface area contributed by atoms with Crippen LogP contribution in [0.5, 0.6) is 11.5 Å². The minimum absolute atomic E-state index is 0.162. The molecule has 0 bridgehead atoms. The summed E-state index contributed by atoms with van der Waals surface area (Å²) in [7, 11) is -3.63. The standard InChI is InChI=1S/C23H29ClN2O6S/c1-17(18-2-4-19(24)5-3-18)32-16-20(27)15-25-8-10-26(11-9-25)33(28,29)21-6-7-22-23(14-21)31-13-12-30-22/h2-7,14,17,20,27H,8-13,15-16H2,1H3. The number of ether oxygens (including phenoxy) is 3. The van der Waals surface area contributed by atoms with Gasteiger partial charge in [-0.3, -0.25) is 4.90 Å². The van der Waals surface area contributed by atoms with Crippen LogP contribution in [0.15, 0.2) is 47.4 Å². The summed E-state index contributed by atoms with van der Waals surface area (Å²) in [6.07, 6.45) is -0.828. The van der Waals surface area contributed by atoms with Crippen LogP contribution in [0, 0.1) is 0 Å². The summed E-state index contributed by atoms with van der Waals surface area (Å²) < 4.78 is 44.4. The van der Waals surface area contributed by atoms with Gasteiger partial charge in [0.2, 0.25) is 10.0 Å². The number of rotatable bonds is 8. The average molecular weight is 497 g/mol. The molecule has 2 unspecified atom stereocenters. The minimum Gasteiger partial charge on any atom is -0.486 e. The van der Waals surface area contributed by atoms with Crippen LogP contribution in [0.3, 0.4) is 0 Å². The van der Waals surface area contributed by atoms with E-state index in [0.717, 1.165) is 5.56 Å². The first-order chi connectivity index (χ1) is 15.8. The topological polar surface area (TPSA) is 88.5 Å². The van der Waals surface area contributed by atoms with E-state index in [2.05, 4.69) is 4.90 Å². The van der Waals surface area contributed by atoms with Gasteiger partial charge in [0.25, 0.3) is 0 Å². The summed E-state index contributed by atoms with van der Waals surface area (Å²) >= 11 is 5.92. The molecule has 2 atom stereocenters. The fraction of sp³-hybridized carbons (Fsp3) is 0.478. The van der Waals surface area contributed by atoms with Gasteiger partial charge in [0.05, 0.1) is 23.7 Å². The summed E-state index contributed by atoms with van der Waals surface area (Å²) in [5, 5.41) is 11.1. The van der Waals surface area contributed by atoms with Crippen LogP contribution in [0.25, 0.3) is 0 Å². The van der Waals surface area contributed by atoms with Crippen molar-refractivity contribution in [1.82, 2.24) is 9.21 Å². The van der Waals surface area contributed by atoms with Gasteiger partial charge in [0.15, 0.2) is 11.5 Å². The van der Waals surface area contributed by atoms with E-state index in [1.165, 1.54) is 10.4 Å². The number of hydrogen-bond donors (Lipinski definition) is 1. The highest BCUT2D eigenvalue weighted by atomic mass is 35.5. The number of piperazine rings is 1. The summed E-state index contributed by atoms with van der Waals surface area (Å²) in [6.45, 7) is 5.18. The summed E-state index contributed by atoms with van der Waals surface area (Å²) in [6, 6.07) is 12.1. The minimum atomic E-state index is -3.63. The molecule has 1 saturated heterocycles. The molecule has 0 amide bonds. The van der Waals surface area contributed by atoms with Crippen LogP contribution in [-0.2, 0) is 14.8 Å². The van der Waals surface area contributed by atoms with Gasteiger partial charge in [0, 0.05) is 43.8 Å². The van der Waals surface area contributed by atoms with E-state index in [1.54, 1.807) is 12.1 Å². The number of fused-ring (bicyclic) bond motifs is 1. The van der Waals surface area contributed by atoms with E-state index in [0.29, 0.717) is 62.5 Å². The van der Waals surface area contributed by atoms with Crippen LogP contribution in [0.4, 0.5) is 0 Å². The van der Waals surface area contributed by atoms with Gasteiger partial charge in [-0.1, -0.05) is 23.7 Å². The normalized spacial score (nSPS) is 19.2. The Bertz CT molecular complexity index is 1040. The van der Waals surface area contributed by atoms with Crippen molar-refractivity contribution in [2.75, 3.05) is 52.5 Å². The van der Waals surface area contributed by atoms with Crippen molar-refractivity contribution >= 4 is 21.6 Å². The molecule has 2 aliphatic rings. The maximum atomic E-state index is 13.1. The van der Waals surface area contributed by atoms with Gasteiger partial charge < -0.3 is 19.3 Å². The lowest BCUT2D eigenvalue weighted by molar-refractivity contribution is -0.0186. The maximum Gasteiger partial charge on any atom is 0.243 e. The van der Waals surface area contributed by atoms with E-state index in [-0.39, 0.29) is 17.6 Å². The molecule has 0 aromatic heterocycles. The second-order valence-corrected chi connectivity index (χ2v) is 10.6. The maximum absolute atomic E-state index is 13.1. The quantitative estimate of drug-likeness (QED) is 0.600. The molecule has 2 aromatic carbocycles. The van der Waals surface area contributed by atoms with Gasteiger partial charge >= 0.3 is 0 Å². The van der Waals surface area contributed by atoms with E-state index in [1.807, 2.05) is 31.2 Å². The Labute approximate surface area is 199 Å². The number of nitrogens with zero attached hydrogens (tertiary/aromatic N) is 2. The smallest absolute Gasteiger partial charge is 0.243 e. The van der Waals surface area contributed by atoms with Crippen molar-refractivity contribution in [1.29, 1.82) is 0 Å². The summed E-state index contributed by atoms with van der Waals surface area (Å²) in [5.41, 5.74) is 0.990. The second-order valence-electron chi connectivity index (χ2n) is 8.19. The van der Waals surface area contributed by atoms with Crippen molar-refractivity contribution in [2.24, 2.45) is 0 Å². The van der Waals surface area contributed by atoms with Crippen molar-refractivity contribution in [3.8, 4) is 11.5 Å². The molecule has 10 heteroatoms. The number of benzene rings is 2. The molecule has 4 rings (SSSR count). The predicted molar refractivity (Wildman–Crippen MR) is 124 cm³/mol. The van der Waals surface area contributed by atoms with Crippen molar-refractivity contribution < 1.29 is 27.7 Å². The molecule has 0 spiro atoms. The molecular weight excluding hydrogens is 468 g/mol. The van der Waals surface area contributed by atoms with Crippen LogP contribution in [0.2, 0.25) is 5.02 Å². The first-order valence-electron chi connectivity index (χ1n) is 11.0. The molecule has 1 N–H and O–H groups in total. The molecule has 2 aliphatic heterocycles. The lowest BCUT2D eigenvalue weighted by Crippen LogP contribution is -2.50. The number of β-amino-alcohol motifs (C(OH)–C–C–N with tert-alkyl or cyclic N) is 1. The van der Waals surface area contributed by atoms with Crippen molar-refractivity contribution in [3.63, 3.8) is 0 Å². The van der Waals surface area contributed by atoms with Gasteiger partial charge in [-0.2, -0.15) is 4.31 Å². The van der Waals surface area contributed by atoms with E-state index in [4.69, 9.17) is 25.8 Å². The predicted octanol–water partition coefficient (Wildman–Crippen LogP) is 2.56. The number of aliphatic hydroxyl groups excluding tert-OH is 1. The van der Waals surface area contributed by atoms with Crippen molar-refractivity contribution in [3.05, 3.63) is 53.1 Å². The van der Waals surface area contributed by atoms with Crippen molar-refractivity contribution in [2.45, 2.75) is 24.0 Å². The van der Waals surface area contributed by atoms with Gasteiger partial charge in [0.1, 0.15) is 13.2 Å². The zero-order valence-corrected chi connectivity index (χ0v) is 20.1. The molecule has 8 nitrogen and oxygen atoms in total. The lowest BCUT2D eigenvalue weighted by atomic mass is 10.1. The molecule has 0 aliphatic carbocycles. The third-order valence-corrected chi connectivity index (χ3v) is 7.98. The number of aliphatic hydroxyl groups is 1. The first kappa shape index (κ1) is 24.3. The number of sulfonamides is 1. The zero-order chi connectivity index (χ0) is 23.4. The molecule has 0 radical (unpaired) electrons. The average Bonchev–Trinajstić information content (AvgIpc) is 2.83. The SMILES string of the molecule is CC(OCC(O)CN1CCN(S(=O)(=O)c2ccc3c(c2)OCCO3)CC1)c1ccc(Cl)cc1. The Kier molecular flexibility index (Phi) is 7.78. The van der Waals surface area contributed by atoms with Crippen LogP contribution < -0.4 is 9.47 Å². The third kappa shape index (κ3) is 5.98. The molecule has 1 fully saturated rings. The van der Waals surface area contributed by atoms with Crippen LogP contribution >= 0.6 is 11.6 Å². The van der Waals surface area contributed by atoms with Gasteiger partial charge in [-0.15, -0.1) is 0 Å². The Balaban J connectivity index is 1.25. The Morgan fingerprint density at radius 3 is 2.39 bits per heavy atom. The highest BCUT2D eigenvalue weighted by molar-refractivity contribution is 7.89. The van der Waals surface area contributed by atoms with E-state index < -0.39 is 16.1 Å². The molecular formula is C23H29ClN2O6S. The molecule has 0 saturated carbocycles. The first-order valence-corrected chi connectivity index (χ1v) is 12.8. The fourth-order valence-corrected chi connectivity index (χ4v) is 5.49. The second kappa shape index (κ2) is 10.6. The third-order valence-electron chi connectivity index (χ3n) is 5.83. The highest BCUT2D eigenvalue weighted by Crippen LogP contribution is 2.33. The molecule has 180 valence electrons. The summed E-state index contributed by atoms with van der Waals surface area (Å²) in [4.78, 5) is 2.25. The molecule has 2 heterocycles. The Hall–Kier alpha value is -1.88. The summed E-state index contributed by atoms with van der Waals surface area (Å²) in [5.74, 6) is 1.02. The highest BCUT2D eigenvalue weighted by Gasteiger charge is 2.30. The largest absolute Gasteiger partial charge is 0.486 e. The zero-order valence-electron chi connectivity index (χ0n) is 18.5. The van der Waals surface area contributed by atoms with Crippen LogP contribution in [0.1, 0.15) is 18.6 Å². The molecule has 33 heavy (non-hydrogen) atoms. The van der Waals surface area contributed by atoms with Gasteiger partial charge in [-0.25, -0.2) is 8.42 Å². The van der Waals surface area contributed by atoms with E-state index in [9.17, 15) is 13.5 Å². The van der Waals surface area contributed by atoms with Gasteiger partial charge in [-0.05, 0) is 36.8 Å². The number of halogens is 1. The Morgan fingerprint density at radius 2 is 1.70 bits per heavy atom. The Morgan fingerprint density at radius 1 is 1.03 bits per heavy atom. The monoisotopic (exact) mass is 496 g/mol. The fourth-order valence-electron chi connectivity index (χ4n) is 3.92. The molecule has 2 aromatic rings. The van der Waals surface area contributed by atoms with Crippen LogP contribution in [-0.4, -0.2) is 81.4 Å². The lowest BCUT2D eigenvalue weighted by Gasteiger charge is -2.35. The van der Waals surface area contributed by atoms with E-state index >= 15 is 0 Å². The number of hydrogen-bond acceptors (Lipinski definition) is 7.